The van der Waals surface area contributed by atoms with Crippen LogP contribution in [0, 0.1) is 6.92 Å². The van der Waals surface area contributed by atoms with Gasteiger partial charge in [-0.1, -0.05) is 6.07 Å². The third-order valence-electron chi connectivity index (χ3n) is 3.86. The highest BCUT2D eigenvalue weighted by molar-refractivity contribution is 5.95. The van der Waals surface area contributed by atoms with Gasteiger partial charge in [0.05, 0.1) is 0 Å². The van der Waals surface area contributed by atoms with E-state index in [0.29, 0.717) is 17.3 Å². The van der Waals surface area contributed by atoms with Crippen LogP contribution in [-0.2, 0) is 0 Å². The summed E-state index contributed by atoms with van der Waals surface area (Å²) < 4.78 is 0. The molecular weight excluding hydrogens is 238 g/mol. The minimum absolute atomic E-state index is 0.0927. The van der Waals surface area contributed by atoms with E-state index in [9.17, 15) is 4.79 Å². The number of nitrogens with two attached hydrogens (primary N) is 1. The van der Waals surface area contributed by atoms with E-state index in [1.807, 2.05) is 24.0 Å². The largest absolute Gasteiger partial charge is 0.398 e. The van der Waals surface area contributed by atoms with Crippen LogP contribution >= 0.6 is 0 Å². The Morgan fingerprint density at radius 1 is 1.21 bits per heavy atom. The minimum Gasteiger partial charge on any atom is -0.398 e. The van der Waals surface area contributed by atoms with Crippen molar-refractivity contribution in [2.75, 3.05) is 31.9 Å². The molecule has 0 radical (unpaired) electrons. The zero-order chi connectivity index (χ0) is 14.0. The van der Waals surface area contributed by atoms with Gasteiger partial charge in [0.15, 0.2) is 0 Å². The van der Waals surface area contributed by atoms with Crippen molar-refractivity contribution in [1.29, 1.82) is 0 Å². The molecule has 0 saturated carbocycles. The van der Waals surface area contributed by atoms with E-state index >= 15 is 0 Å². The SMILES string of the molecule is Cc1ccc(C(=O)N2CCN(C(C)C)CC2)cc1N. The van der Waals surface area contributed by atoms with Crippen LogP contribution in [-0.4, -0.2) is 47.9 Å². The summed E-state index contributed by atoms with van der Waals surface area (Å²) in [6.07, 6.45) is 0. The van der Waals surface area contributed by atoms with E-state index in [1.165, 1.54) is 0 Å². The van der Waals surface area contributed by atoms with Gasteiger partial charge >= 0.3 is 0 Å². The van der Waals surface area contributed by atoms with Gasteiger partial charge in [0, 0.05) is 43.5 Å². The van der Waals surface area contributed by atoms with Gasteiger partial charge in [-0.15, -0.1) is 0 Å². The highest BCUT2D eigenvalue weighted by Gasteiger charge is 2.23. The van der Waals surface area contributed by atoms with Crippen LogP contribution in [0.2, 0.25) is 0 Å². The second-order valence-corrected chi connectivity index (χ2v) is 5.49. The van der Waals surface area contributed by atoms with Crippen molar-refractivity contribution in [3.8, 4) is 0 Å². The number of nitrogens with zero attached hydrogens (tertiary/aromatic N) is 2. The monoisotopic (exact) mass is 261 g/mol. The molecule has 1 amide bonds. The van der Waals surface area contributed by atoms with Crippen LogP contribution < -0.4 is 5.73 Å². The number of benzene rings is 1. The maximum Gasteiger partial charge on any atom is 0.254 e. The first kappa shape index (κ1) is 13.9. The van der Waals surface area contributed by atoms with Crippen LogP contribution in [0.15, 0.2) is 18.2 Å². The van der Waals surface area contributed by atoms with Crippen molar-refractivity contribution in [3.05, 3.63) is 29.3 Å². The lowest BCUT2D eigenvalue weighted by atomic mass is 10.1. The number of piperazine rings is 1. The zero-order valence-electron chi connectivity index (χ0n) is 12.0. The summed E-state index contributed by atoms with van der Waals surface area (Å²) in [5, 5.41) is 0. The number of hydrogen-bond donors (Lipinski definition) is 1. The van der Waals surface area contributed by atoms with Crippen molar-refractivity contribution in [2.24, 2.45) is 0 Å². The molecule has 0 bridgehead atoms. The molecule has 0 spiro atoms. The normalized spacial score (nSPS) is 16.9. The molecule has 0 unspecified atom stereocenters. The molecule has 2 rings (SSSR count). The van der Waals surface area contributed by atoms with Gasteiger partial charge in [-0.05, 0) is 38.5 Å². The molecule has 1 saturated heterocycles. The average Bonchev–Trinajstić information content (AvgIpc) is 2.41. The molecule has 0 aromatic heterocycles. The highest BCUT2D eigenvalue weighted by Crippen LogP contribution is 2.16. The Labute approximate surface area is 115 Å². The number of carbonyl (C=O) groups is 1. The first-order valence-electron chi connectivity index (χ1n) is 6.88. The molecule has 4 nitrogen and oxygen atoms in total. The molecule has 1 aromatic rings. The van der Waals surface area contributed by atoms with Crippen molar-refractivity contribution in [2.45, 2.75) is 26.8 Å². The predicted molar refractivity (Wildman–Crippen MR) is 78.2 cm³/mol. The molecule has 0 aliphatic carbocycles. The summed E-state index contributed by atoms with van der Waals surface area (Å²) in [7, 11) is 0. The molecule has 1 fully saturated rings. The second-order valence-electron chi connectivity index (χ2n) is 5.49. The van der Waals surface area contributed by atoms with Gasteiger partial charge in [-0.25, -0.2) is 0 Å². The number of aryl methyl sites for hydroxylation is 1. The van der Waals surface area contributed by atoms with Gasteiger partial charge in [-0.2, -0.15) is 0 Å². The van der Waals surface area contributed by atoms with Gasteiger partial charge < -0.3 is 10.6 Å². The van der Waals surface area contributed by atoms with Crippen LogP contribution in [0.1, 0.15) is 29.8 Å². The Hall–Kier alpha value is -1.55. The highest BCUT2D eigenvalue weighted by atomic mass is 16.2. The van der Waals surface area contributed by atoms with Crippen molar-refractivity contribution in [1.82, 2.24) is 9.80 Å². The molecule has 1 aliphatic rings. The zero-order valence-corrected chi connectivity index (χ0v) is 12.0. The van der Waals surface area contributed by atoms with E-state index in [4.69, 9.17) is 5.73 Å². The Morgan fingerprint density at radius 2 is 1.84 bits per heavy atom. The van der Waals surface area contributed by atoms with Gasteiger partial charge in [0.2, 0.25) is 0 Å². The lowest BCUT2D eigenvalue weighted by Crippen LogP contribution is -2.50. The smallest absolute Gasteiger partial charge is 0.254 e. The molecule has 1 aromatic carbocycles. The Kier molecular flexibility index (Phi) is 4.10. The number of anilines is 1. The molecule has 2 N–H and O–H groups in total. The summed E-state index contributed by atoms with van der Waals surface area (Å²) in [5.41, 5.74) is 8.27. The second kappa shape index (κ2) is 5.61. The number of hydrogen-bond acceptors (Lipinski definition) is 3. The Bertz CT molecular complexity index is 462. The average molecular weight is 261 g/mol. The van der Waals surface area contributed by atoms with Gasteiger partial charge in [0.1, 0.15) is 0 Å². The van der Waals surface area contributed by atoms with E-state index in [1.54, 1.807) is 6.07 Å². The summed E-state index contributed by atoms with van der Waals surface area (Å²) in [5.74, 6) is 0.0927. The van der Waals surface area contributed by atoms with Crippen LogP contribution in [0.25, 0.3) is 0 Å². The lowest BCUT2D eigenvalue weighted by Gasteiger charge is -2.37. The van der Waals surface area contributed by atoms with Gasteiger partial charge in [-0.3, -0.25) is 9.69 Å². The van der Waals surface area contributed by atoms with Gasteiger partial charge in [0.25, 0.3) is 5.91 Å². The molecular formula is C15H23N3O. The fraction of sp³-hybridized carbons (Fsp3) is 0.533. The van der Waals surface area contributed by atoms with E-state index in [0.717, 1.165) is 31.7 Å². The number of nitrogen functional groups attached to an aromatic ring is 1. The maximum atomic E-state index is 12.4. The molecule has 104 valence electrons. The third-order valence-corrected chi connectivity index (χ3v) is 3.86. The predicted octanol–water partition coefficient (Wildman–Crippen LogP) is 1.74. The molecule has 19 heavy (non-hydrogen) atoms. The molecule has 4 heteroatoms. The first-order chi connectivity index (χ1) is 8.99. The number of rotatable bonds is 2. The fourth-order valence-electron chi connectivity index (χ4n) is 2.40. The first-order valence-corrected chi connectivity index (χ1v) is 6.88. The quantitative estimate of drug-likeness (QED) is 0.825. The van der Waals surface area contributed by atoms with E-state index < -0.39 is 0 Å². The van der Waals surface area contributed by atoms with Crippen molar-refractivity contribution in [3.63, 3.8) is 0 Å². The van der Waals surface area contributed by atoms with Crippen molar-refractivity contribution >= 4 is 11.6 Å². The van der Waals surface area contributed by atoms with E-state index in [-0.39, 0.29) is 5.91 Å². The summed E-state index contributed by atoms with van der Waals surface area (Å²) in [4.78, 5) is 16.7. The van der Waals surface area contributed by atoms with Crippen LogP contribution in [0.4, 0.5) is 5.69 Å². The third kappa shape index (κ3) is 3.07. The van der Waals surface area contributed by atoms with Crippen LogP contribution in [0.3, 0.4) is 0 Å². The topological polar surface area (TPSA) is 49.6 Å². The molecule has 1 heterocycles. The Balaban J connectivity index is 2.03. The fourth-order valence-corrected chi connectivity index (χ4v) is 2.40. The number of amides is 1. The summed E-state index contributed by atoms with van der Waals surface area (Å²) >= 11 is 0. The summed E-state index contributed by atoms with van der Waals surface area (Å²) in [6.45, 7) is 9.83. The number of carbonyl (C=O) groups excluding carboxylic acids is 1. The molecule has 0 atom stereocenters. The maximum absolute atomic E-state index is 12.4. The molecule has 1 aliphatic heterocycles. The Morgan fingerprint density at radius 3 is 2.37 bits per heavy atom. The van der Waals surface area contributed by atoms with E-state index in [2.05, 4.69) is 18.7 Å². The minimum atomic E-state index is 0.0927. The summed E-state index contributed by atoms with van der Waals surface area (Å²) in [6, 6.07) is 6.11. The van der Waals surface area contributed by atoms with Crippen molar-refractivity contribution < 1.29 is 4.79 Å². The standard InChI is InChI=1S/C15H23N3O/c1-11(2)17-6-8-18(9-7-17)15(19)13-5-4-12(3)14(16)10-13/h4-5,10-11H,6-9,16H2,1-3H3. The lowest BCUT2D eigenvalue weighted by molar-refractivity contribution is 0.0595. The van der Waals surface area contributed by atoms with Crippen LogP contribution in [0.5, 0.6) is 0 Å².